The van der Waals surface area contributed by atoms with Gasteiger partial charge in [0, 0.05) is 5.69 Å². The van der Waals surface area contributed by atoms with E-state index in [1.165, 1.54) is 0 Å². The van der Waals surface area contributed by atoms with Crippen LogP contribution in [0, 0.1) is 19.8 Å². The van der Waals surface area contributed by atoms with E-state index in [-0.39, 0.29) is 11.4 Å². The SMILES string of the molecule is CCCC(C)COc1nc(C)cc(C)c1C(=O)O. The number of aromatic nitrogens is 1. The lowest BCUT2D eigenvalue weighted by Crippen LogP contribution is -2.13. The first-order chi connectivity index (χ1) is 8.45. The predicted octanol–water partition coefficient (Wildman–Crippen LogP) is 3.21. The quantitative estimate of drug-likeness (QED) is 0.843. The van der Waals surface area contributed by atoms with Crippen molar-refractivity contribution in [3.8, 4) is 5.88 Å². The van der Waals surface area contributed by atoms with Crippen LogP contribution < -0.4 is 4.74 Å². The van der Waals surface area contributed by atoms with E-state index in [2.05, 4.69) is 18.8 Å². The average molecular weight is 251 g/mol. The Morgan fingerprint density at radius 1 is 1.50 bits per heavy atom. The summed E-state index contributed by atoms with van der Waals surface area (Å²) in [6.07, 6.45) is 2.16. The average Bonchev–Trinajstić information content (AvgIpc) is 2.25. The van der Waals surface area contributed by atoms with Gasteiger partial charge in [-0.3, -0.25) is 0 Å². The molecule has 1 atom stereocenters. The molecule has 0 saturated carbocycles. The molecule has 0 saturated heterocycles. The summed E-state index contributed by atoms with van der Waals surface area (Å²) in [4.78, 5) is 15.4. The fourth-order valence-corrected chi connectivity index (χ4v) is 1.96. The van der Waals surface area contributed by atoms with Crippen molar-refractivity contribution in [1.29, 1.82) is 0 Å². The summed E-state index contributed by atoms with van der Waals surface area (Å²) in [7, 11) is 0. The molecule has 1 heterocycles. The van der Waals surface area contributed by atoms with Gasteiger partial charge in [-0.1, -0.05) is 20.3 Å². The number of ether oxygens (including phenoxy) is 1. The monoisotopic (exact) mass is 251 g/mol. The molecule has 4 nitrogen and oxygen atoms in total. The minimum Gasteiger partial charge on any atom is -0.477 e. The smallest absolute Gasteiger partial charge is 0.341 e. The Morgan fingerprint density at radius 3 is 2.72 bits per heavy atom. The molecule has 1 unspecified atom stereocenters. The van der Waals surface area contributed by atoms with Gasteiger partial charge in [0.1, 0.15) is 5.56 Å². The van der Waals surface area contributed by atoms with Crippen LogP contribution in [0.1, 0.15) is 48.3 Å². The molecule has 1 rings (SSSR count). The van der Waals surface area contributed by atoms with Crippen LogP contribution in [0.3, 0.4) is 0 Å². The summed E-state index contributed by atoms with van der Waals surface area (Å²) >= 11 is 0. The largest absolute Gasteiger partial charge is 0.477 e. The highest BCUT2D eigenvalue weighted by atomic mass is 16.5. The van der Waals surface area contributed by atoms with Gasteiger partial charge in [-0.25, -0.2) is 9.78 Å². The zero-order valence-electron chi connectivity index (χ0n) is 11.5. The van der Waals surface area contributed by atoms with E-state index in [4.69, 9.17) is 4.74 Å². The maximum Gasteiger partial charge on any atom is 0.341 e. The number of carboxylic acids is 1. The van der Waals surface area contributed by atoms with Crippen molar-refractivity contribution in [2.45, 2.75) is 40.5 Å². The molecular formula is C14H21NO3. The van der Waals surface area contributed by atoms with Crippen LogP contribution in [0.2, 0.25) is 0 Å². The molecule has 0 spiro atoms. The zero-order chi connectivity index (χ0) is 13.7. The lowest BCUT2D eigenvalue weighted by atomic mass is 10.1. The number of aromatic carboxylic acids is 1. The Kier molecular flexibility index (Phi) is 5.13. The number of carboxylic acid groups (broad SMARTS) is 1. The number of pyridine rings is 1. The topological polar surface area (TPSA) is 59.4 Å². The lowest BCUT2D eigenvalue weighted by Gasteiger charge is -2.14. The van der Waals surface area contributed by atoms with Crippen molar-refractivity contribution in [2.24, 2.45) is 5.92 Å². The van der Waals surface area contributed by atoms with Crippen molar-refractivity contribution < 1.29 is 14.6 Å². The molecule has 1 N–H and O–H groups in total. The molecule has 0 amide bonds. The summed E-state index contributed by atoms with van der Waals surface area (Å²) in [5, 5.41) is 9.19. The van der Waals surface area contributed by atoms with Crippen LogP contribution in [0.25, 0.3) is 0 Å². The van der Waals surface area contributed by atoms with Crippen molar-refractivity contribution in [1.82, 2.24) is 4.98 Å². The van der Waals surface area contributed by atoms with E-state index >= 15 is 0 Å². The lowest BCUT2D eigenvalue weighted by molar-refractivity contribution is 0.0689. The van der Waals surface area contributed by atoms with Crippen LogP contribution in [0.15, 0.2) is 6.07 Å². The minimum absolute atomic E-state index is 0.171. The van der Waals surface area contributed by atoms with Crippen molar-refractivity contribution in [3.05, 3.63) is 22.9 Å². The van der Waals surface area contributed by atoms with Crippen LogP contribution in [0.5, 0.6) is 5.88 Å². The van der Waals surface area contributed by atoms with Gasteiger partial charge in [0.25, 0.3) is 0 Å². The van der Waals surface area contributed by atoms with Gasteiger partial charge in [0.2, 0.25) is 5.88 Å². The Labute approximate surface area is 108 Å². The Bertz CT molecular complexity index is 429. The predicted molar refractivity (Wildman–Crippen MR) is 70.2 cm³/mol. The fourth-order valence-electron chi connectivity index (χ4n) is 1.96. The first-order valence-corrected chi connectivity index (χ1v) is 6.30. The third-order valence-electron chi connectivity index (χ3n) is 2.81. The van der Waals surface area contributed by atoms with E-state index in [1.54, 1.807) is 13.0 Å². The van der Waals surface area contributed by atoms with Gasteiger partial charge in [0.05, 0.1) is 6.61 Å². The first-order valence-electron chi connectivity index (χ1n) is 6.30. The first kappa shape index (κ1) is 14.5. The molecule has 0 bridgehead atoms. The van der Waals surface area contributed by atoms with Crippen molar-refractivity contribution >= 4 is 5.97 Å². The van der Waals surface area contributed by atoms with E-state index in [9.17, 15) is 9.90 Å². The van der Waals surface area contributed by atoms with Crippen LogP contribution >= 0.6 is 0 Å². The Hall–Kier alpha value is -1.58. The molecule has 1 aromatic heterocycles. The van der Waals surface area contributed by atoms with Crippen molar-refractivity contribution in [2.75, 3.05) is 6.61 Å². The highest BCUT2D eigenvalue weighted by molar-refractivity contribution is 5.91. The summed E-state index contributed by atoms with van der Waals surface area (Å²) < 4.78 is 5.58. The third-order valence-corrected chi connectivity index (χ3v) is 2.81. The molecule has 0 aromatic carbocycles. The van der Waals surface area contributed by atoms with Crippen molar-refractivity contribution in [3.63, 3.8) is 0 Å². The molecule has 1 aromatic rings. The zero-order valence-corrected chi connectivity index (χ0v) is 11.5. The maximum absolute atomic E-state index is 11.2. The third kappa shape index (κ3) is 3.72. The van der Waals surface area contributed by atoms with Crippen LogP contribution in [0.4, 0.5) is 0 Å². The normalized spacial score (nSPS) is 12.2. The van der Waals surface area contributed by atoms with Gasteiger partial charge in [-0.15, -0.1) is 0 Å². The van der Waals surface area contributed by atoms with Crippen LogP contribution in [-0.2, 0) is 0 Å². The molecule has 0 fully saturated rings. The second kappa shape index (κ2) is 6.38. The highest BCUT2D eigenvalue weighted by Gasteiger charge is 2.17. The van der Waals surface area contributed by atoms with E-state index in [1.807, 2.05) is 6.92 Å². The second-order valence-corrected chi connectivity index (χ2v) is 4.77. The summed E-state index contributed by atoms with van der Waals surface area (Å²) in [5.41, 5.74) is 1.63. The number of carbonyl (C=O) groups is 1. The van der Waals surface area contributed by atoms with Gasteiger partial charge >= 0.3 is 5.97 Å². The molecule has 0 aliphatic heterocycles. The number of rotatable bonds is 6. The van der Waals surface area contributed by atoms with Gasteiger partial charge in [-0.05, 0) is 37.8 Å². The van der Waals surface area contributed by atoms with Gasteiger partial charge in [0.15, 0.2) is 0 Å². The number of hydrogen-bond donors (Lipinski definition) is 1. The summed E-state index contributed by atoms with van der Waals surface area (Å²) in [5.74, 6) is -0.347. The molecule has 100 valence electrons. The second-order valence-electron chi connectivity index (χ2n) is 4.77. The summed E-state index contributed by atoms with van der Waals surface area (Å²) in [6, 6.07) is 1.76. The molecule has 4 heteroatoms. The number of aryl methyl sites for hydroxylation is 2. The molecule has 0 radical (unpaired) electrons. The Balaban J connectivity index is 2.90. The maximum atomic E-state index is 11.2. The minimum atomic E-state index is -0.988. The van der Waals surface area contributed by atoms with E-state index < -0.39 is 5.97 Å². The van der Waals surface area contributed by atoms with Crippen LogP contribution in [-0.4, -0.2) is 22.7 Å². The molecule has 0 aliphatic carbocycles. The Morgan fingerprint density at radius 2 is 2.17 bits per heavy atom. The fraction of sp³-hybridized carbons (Fsp3) is 0.571. The standard InChI is InChI=1S/C14H21NO3/c1-5-6-9(2)8-18-13-12(14(16)17)10(3)7-11(4)15-13/h7,9H,5-6,8H2,1-4H3,(H,16,17). The highest BCUT2D eigenvalue weighted by Crippen LogP contribution is 2.22. The van der Waals surface area contributed by atoms with E-state index in [0.717, 1.165) is 18.5 Å². The number of nitrogens with zero attached hydrogens (tertiary/aromatic N) is 1. The molecule has 18 heavy (non-hydrogen) atoms. The number of hydrogen-bond acceptors (Lipinski definition) is 3. The van der Waals surface area contributed by atoms with Gasteiger partial charge in [-0.2, -0.15) is 0 Å². The molecular weight excluding hydrogens is 230 g/mol. The summed E-state index contributed by atoms with van der Waals surface area (Å²) in [6.45, 7) is 8.31. The van der Waals surface area contributed by atoms with E-state index in [0.29, 0.717) is 18.1 Å². The molecule has 0 aliphatic rings. The van der Waals surface area contributed by atoms with Gasteiger partial charge < -0.3 is 9.84 Å².